The first-order valence-electron chi connectivity index (χ1n) is 7.81. The quantitative estimate of drug-likeness (QED) is 0.438. The highest BCUT2D eigenvalue weighted by Gasteiger charge is 2.21. The van der Waals surface area contributed by atoms with E-state index in [1.807, 2.05) is 24.3 Å². The second-order valence-corrected chi connectivity index (χ2v) is 7.53. The van der Waals surface area contributed by atoms with E-state index in [-0.39, 0.29) is 0 Å². The van der Waals surface area contributed by atoms with Crippen LogP contribution in [0.4, 0.5) is 0 Å². The van der Waals surface area contributed by atoms with Crippen molar-refractivity contribution >= 4 is 34.5 Å². The van der Waals surface area contributed by atoms with E-state index in [0.29, 0.717) is 16.0 Å². The fourth-order valence-electron chi connectivity index (χ4n) is 2.71. The van der Waals surface area contributed by atoms with Gasteiger partial charge in [0, 0.05) is 34.1 Å². The first-order chi connectivity index (χ1) is 12.6. The molecular weight excluding hydrogens is 389 g/mol. The number of thiophene rings is 1. The summed E-state index contributed by atoms with van der Waals surface area (Å²) >= 11 is 13.5. The van der Waals surface area contributed by atoms with Gasteiger partial charge in [-0.15, -0.1) is 11.3 Å². The average molecular weight is 402 g/mol. The summed E-state index contributed by atoms with van der Waals surface area (Å²) in [6, 6.07) is 12.8. The number of aromatic nitrogens is 3. The Labute approximate surface area is 164 Å². The molecule has 0 bridgehead atoms. The molecule has 0 amide bonds. The molecule has 3 heterocycles. The van der Waals surface area contributed by atoms with E-state index in [1.165, 1.54) is 11.3 Å². The number of rotatable bonds is 4. The number of hydrogen-bond donors (Lipinski definition) is 2. The molecule has 1 aromatic carbocycles. The molecule has 0 aliphatic heterocycles. The van der Waals surface area contributed by atoms with Crippen LogP contribution in [0.25, 0.3) is 21.1 Å². The Balaban J connectivity index is 1.83. The lowest BCUT2D eigenvalue weighted by atomic mass is 10.0. The van der Waals surface area contributed by atoms with Crippen molar-refractivity contribution in [3.63, 3.8) is 0 Å². The number of nitrogens with one attached hydrogen (secondary N) is 1. The zero-order valence-electron chi connectivity index (χ0n) is 13.4. The number of pyridine rings is 1. The smallest absolute Gasteiger partial charge is 0.147 e. The normalized spacial score (nSPS) is 12.3. The second-order valence-electron chi connectivity index (χ2n) is 5.65. The van der Waals surface area contributed by atoms with Crippen LogP contribution in [0, 0.1) is 0 Å². The Morgan fingerprint density at radius 1 is 1.00 bits per heavy atom. The molecule has 0 fully saturated rings. The molecule has 0 saturated heterocycles. The summed E-state index contributed by atoms with van der Waals surface area (Å²) in [7, 11) is 0. The zero-order valence-corrected chi connectivity index (χ0v) is 15.7. The van der Waals surface area contributed by atoms with Crippen molar-refractivity contribution in [2.24, 2.45) is 0 Å². The Morgan fingerprint density at radius 3 is 2.50 bits per heavy atom. The van der Waals surface area contributed by atoms with Gasteiger partial charge in [0.05, 0.1) is 4.88 Å². The van der Waals surface area contributed by atoms with Crippen molar-refractivity contribution in [2.45, 2.75) is 6.10 Å². The number of imidazole rings is 1. The maximum Gasteiger partial charge on any atom is 0.147 e. The van der Waals surface area contributed by atoms with Gasteiger partial charge < -0.3 is 10.1 Å². The van der Waals surface area contributed by atoms with Gasteiger partial charge in [0.25, 0.3) is 0 Å². The number of aliphatic hydroxyl groups excluding tert-OH is 1. The van der Waals surface area contributed by atoms with Crippen LogP contribution in [0.3, 0.4) is 0 Å². The monoisotopic (exact) mass is 401 g/mol. The van der Waals surface area contributed by atoms with Crippen LogP contribution in [-0.2, 0) is 0 Å². The zero-order chi connectivity index (χ0) is 18.1. The summed E-state index contributed by atoms with van der Waals surface area (Å²) in [4.78, 5) is 13.3. The Hall–Kier alpha value is -2.18. The molecule has 7 heteroatoms. The minimum absolute atomic E-state index is 0.426. The first-order valence-corrected chi connectivity index (χ1v) is 9.38. The lowest BCUT2D eigenvalue weighted by Crippen LogP contribution is -1.99. The third-order valence-electron chi connectivity index (χ3n) is 3.97. The lowest BCUT2D eigenvalue weighted by molar-refractivity contribution is 0.221. The molecule has 1 atom stereocenters. The van der Waals surface area contributed by atoms with E-state index >= 15 is 0 Å². The van der Waals surface area contributed by atoms with Crippen LogP contribution < -0.4 is 0 Å². The number of hydrogen-bond acceptors (Lipinski definition) is 4. The maximum absolute atomic E-state index is 11.0. The van der Waals surface area contributed by atoms with Crippen molar-refractivity contribution in [2.75, 3.05) is 0 Å². The summed E-state index contributed by atoms with van der Waals surface area (Å²) < 4.78 is 0. The summed E-state index contributed by atoms with van der Waals surface area (Å²) in [6.07, 6.45) is 4.32. The Kier molecular flexibility index (Phi) is 4.78. The molecule has 0 aliphatic carbocycles. The summed E-state index contributed by atoms with van der Waals surface area (Å²) in [5.41, 5.74) is 2.48. The highest BCUT2D eigenvalue weighted by Crippen LogP contribution is 2.41. The van der Waals surface area contributed by atoms with Crippen molar-refractivity contribution in [3.8, 4) is 21.1 Å². The standard InChI is InChI=1S/C19H13Cl2N3OS/c20-13-3-1-11(2-4-13)17(25)14-10-15(12-5-6-22-16(21)9-12)26-18(14)19-23-7-8-24-19/h1-10,17,25H,(H,23,24)/t17-/m1/s1. The van der Waals surface area contributed by atoms with Gasteiger partial charge in [-0.25, -0.2) is 9.97 Å². The van der Waals surface area contributed by atoms with Crippen molar-refractivity contribution in [1.82, 2.24) is 15.0 Å². The van der Waals surface area contributed by atoms with E-state index in [1.54, 1.807) is 36.8 Å². The second kappa shape index (κ2) is 7.21. The third kappa shape index (κ3) is 3.39. The first kappa shape index (κ1) is 17.2. The minimum atomic E-state index is -0.797. The van der Waals surface area contributed by atoms with Gasteiger partial charge in [0.1, 0.15) is 17.1 Å². The number of nitrogens with zero attached hydrogens (tertiary/aromatic N) is 2. The van der Waals surface area contributed by atoms with Gasteiger partial charge in [-0.1, -0.05) is 35.3 Å². The highest BCUT2D eigenvalue weighted by atomic mass is 35.5. The Morgan fingerprint density at radius 2 is 1.81 bits per heavy atom. The van der Waals surface area contributed by atoms with Gasteiger partial charge >= 0.3 is 0 Å². The fraction of sp³-hybridized carbons (Fsp3) is 0.0526. The molecular formula is C19H13Cl2N3OS. The molecule has 4 aromatic rings. The van der Waals surface area contributed by atoms with Crippen LogP contribution in [0.2, 0.25) is 10.2 Å². The van der Waals surface area contributed by atoms with E-state index in [9.17, 15) is 5.11 Å². The third-order valence-corrected chi connectivity index (χ3v) is 5.63. The number of benzene rings is 1. The molecule has 26 heavy (non-hydrogen) atoms. The van der Waals surface area contributed by atoms with Crippen molar-refractivity contribution in [1.29, 1.82) is 0 Å². The molecule has 4 rings (SSSR count). The average Bonchev–Trinajstić information content (AvgIpc) is 3.31. The molecule has 0 saturated carbocycles. The molecule has 0 radical (unpaired) electrons. The molecule has 2 N–H and O–H groups in total. The van der Waals surface area contributed by atoms with Gasteiger partial charge in [0.2, 0.25) is 0 Å². The van der Waals surface area contributed by atoms with E-state index in [4.69, 9.17) is 23.2 Å². The van der Waals surface area contributed by atoms with Crippen LogP contribution >= 0.6 is 34.5 Å². The minimum Gasteiger partial charge on any atom is -0.384 e. The molecule has 0 spiro atoms. The molecule has 3 aromatic heterocycles. The van der Waals surface area contributed by atoms with Crippen LogP contribution in [-0.4, -0.2) is 20.1 Å². The Bertz CT molecular complexity index is 1030. The topological polar surface area (TPSA) is 61.8 Å². The number of aromatic amines is 1. The maximum atomic E-state index is 11.0. The fourth-order valence-corrected chi connectivity index (χ4v) is 4.15. The van der Waals surface area contributed by atoms with E-state index in [0.717, 1.165) is 26.4 Å². The SMILES string of the molecule is O[C@H](c1ccc(Cl)cc1)c1cc(-c2ccnc(Cl)c2)sc1-c1ncc[nH]1. The van der Waals surface area contributed by atoms with Crippen LogP contribution in [0.1, 0.15) is 17.2 Å². The van der Waals surface area contributed by atoms with Gasteiger partial charge in [0.15, 0.2) is 0 Å². The van der Waals surface area contributed by atoms with Gasteiger partial charge in [-0.05, 0) is 41.5 Å². The largest absolute Gasteiger partial charge is 0.384 e. The number of aliphatic hydroxyl groups is 1. The predicted octanol–water partition coefficient (Wildman–Crippen LogP) is 5.59. The highest BCUT2D eigenvalue weighted by molar-refractivity contribution is 7.19. The van der Waals surface area contributed by atoms with Gasteiger partial charge in [-0.2, -0.15) is 0 Å². The van der Waals surface area contributed by atoms with E-state index < -0.39 is 6.10 Å². The molecule has 0 unspecified atom stereocenters. The van der Waals surface area contributed by atoms with E-state index in [2.05, 4.69) is 15.0 Å². The molecule has 0 aliphatic rings. The number of halogens is 2. The molecule has 130 valence electrons. The lowest BCUT2D eigenvalue weighted by Gasteiger charge is -2.11. The number of H-pyrrole nitrogens is 1. The predicted molar refractivity (Wildman–Crippen MR) is 106 cm³/mol. The summed E-state index contributed by atoms with van der Waals surface area (Å²) in [5, 5.41) is 12.0. The summed E-state index contributed by atoms with van der Waals surface area (Å²) in [5.74, 6) is 0.712. The van der Waals surface area contributed by atoms with Crippen molar-refractivity contribution in [3.05, 3.63) is 82.4 Å². The van der Waals surface area contributed by atoms with Crippen molar-refractivity contribution < 1.29 is 5.11 Å². The molecule has 4 nitrogen and oxygen atoms in total. The van der Waals surface area contributed by atoms with Crippen LogP contribution in [0.15, 0.2) is 61.1 Å². The van der Waals surface area contributed by atoms with Gasteiger partial charge in [-0.3, -0.25) is 0 Å². The van der Waals surface area contributed by atoms with Crippen LogP contribution in [0.5, 0.6) is 0 Å². The summed E-state index contributed by atoms with van der Waals surface area (Å²) in [6.45, 7) is 0.